The second-order valence-corrected chi connectivity index (χ2v) is 6.28. The molecule has 0 heterocycles. The van der Waals surface area contributed by atoms with E-state index in [1.165, 1.54) is 0 Å². The minimum atomic E-state index is -0.293. The molecule has 2 nitrogen and oxygen atoms in total. The molecule has 0 atom stereocenters. The second kappa shape index (κ2) is 6.51. The molecule has 22 heavy (non-hydrogen) atoms. The number of ether oxygens (including phenoxy) is 1. The van der Waals surface area contributed by atoms with Crippen molar-refractivity contribution in [3.8, 4) is 5.75 Å². The Kier molecular flexibility index (Phi) is 4.46. The highest BCUT2D eigenvalue weighted by molar-refractivity contribution is 9.10. The summed E-state index contributed by atoms with van der Waals surface area (Å²) >= 11 is 9.26. The first-order chi connectivity index (χ1) is 10.6. The van der Waals surface area contributed by atoms with Gasteiger partial charge in [0.1, 0.15) is 5.75 Å². The average Bonchev–Trinajstić information content (AvgIpc) is 2.50. The maximum atomic E-state index is 12.0. The number of rotatable bonds is 3. The van der Waals surface area contributed by atoms with Crippen molar-refractivity contribution < 1.29 is 9.53 Å². The fraction of sp³-hybridized carbons (Fsp3) is 0.0556. The number of hydrogen-bond acceptors (Lipinski definition) is 2. The number of carbonyl (C=O) groups excluding carboxylic acids is 1. The quantitative estimate of drug-likeness (QED) is 0.452. The van der Waals surface area contributed by atoms with Crippen LogP contribution in [0.15, 0.2) is 65.1 Å². The zero-order chi connectivity index (χ0) is 15.5. The van der Waals surface area contributed by atoms with E-state index in [9.17, 15) is 4.79 Å². The summed E-state index contributed by atoms with van der Waals surface area (Å²) in [4.78, 5) is 12.0. The van der Waals surface area contributed by atoms with Gasteiger partial charge in [-0.05, 0) is 52.7 Å². The molecule has 0 saturated heterocycles. The zero-order valence-corrected chi connectivity index (χ0v) is 13.9. The maximum Gasteiger partial charge on any atom is 0.315 e. The van der Waals surface area contributed by atoms with Gasteiger partial charge in [0.25, 0.3) is 0 Å². The van der Waals surface area contributed by atoms with Gasteiger partial charge >= 0.3 is 5.97 Å². The Balaban J connectivity index is 1.73. The Labute approximate surface area is 141 Å². The first-order valence-corrected chi connectivity index (χ1v) is 7.92. The number of esters is 1. The number of fused-ring (bicyclic) bond motifs is 1. The molecule has 0 radical (unpaired) electrons. The molecule has 0 saturated carbocycles. The molecular weight excluding hydrogens is 364 g/mol. The van der Waals surface area contributed by atoms with Crippen LogP contribution < -0.4 is 4.74 Å². The molecule has 0 N–H and O–H groups in total. The smallest absolute Gasteiger partial charge is 0.315 e. The van der Waals surface area contributed by atoms with Crippen LogP contribution in [0.5, 0.6) is 5.75 Å². The third-order valence-electron chi connectivity index (χ3n) is 3.27. The van der Waals surface area contributed by atoms with Crippen molar-refractivity contribution in [2.75, 3.05) is 0 Å². The molecule has 0 aliphatic rings. The summed E-state index contributed by atoms with van der Waals surface area (Å²) in [5.74, 6) is 0.257. The van der Waals surface area contributed by atoms with Crippen molar-refractivity contribution >= 4 is 44.3 Å². The number of carbonyl (C=O) groups is 1. The van der Waals surface area contributed by atoms with Gasteiger partial charge in [-0.15, -0.1) is 0 Å². The summed E-state index contributed by atoms with van der Waals surface area (Å²) < 4.78 is 6.42. The number of benzene rings is 3. The van der Waals surface area contributed by atoms with E-state index in [4.69, 9.17) is 16.3 Å². The van der Waals surface area contributed by atoms with Crippen LogP contribution in [0, 0.1) is 0 Å². The summed E-state index contributed by atoms with van der Waals surface area (Å²) in [5.41, 5.74) is 0.874. The van der Waals surface area contributed by atoms with Crippen LogP contribution in [-0.4, -0.2) is 5.97 Å². The van der Waals surface area contributed by atoms with E-state index in [2.05, 4.69) is 15.9 Å². The maximum absolute atomic E-state index is 12.0. The standard InChI is InChI=1S/C18H12BrClO2/c19-15-5-3-14-11-17(8-4-13(14)10-15)22-18(21)9-12-1-6-16(20)7-2-12/h1-8,10-11H,9H2. The first-order valence-electron chi connectivity index (χ1n) is 6.74. The monoisotopic (exact) mass is 374 g/mol. The summed E-state index contributed by atoms with van der Waals surface area (Å²) in [5, 5.41) is 2.77. The number of halogens is 2. The Hall–Kier alpha value is -1.84. The highest BCUT2D eigenvalue weighted by atomic mass is 79.9. The molecule has 0 spiro atoms. The Bertz CT molecular complexity index is 828. The van der Waals surface area contributed by atoms with Crippen LogP contribution in [0.4, 0.5) is 0 Å². The van der Waals surface area contributed by atoms with Crippen LogP contribution in [0.2, 0.25) is 5.02 Å². The third kappa shape index (κ3) is 3.67. The van der Waals surface area contributed by atoms with Gasteiger partial charge in [-0.2, -0.15) is 0 Å². The van der Waals surface area contributed by atoms with Crippen LogP contribution in [-0.2, 0) is 11.2 Å². The van der Waals surface area contributed by atoms with Crippen molar-refractivity contribution in [3.63, 3.8) is 0 Å². The number of hydrogen-bond donors (Lipinski definition) is 0. The minimum Gasteiger partial charge on any atom is -0.426 e. The van der Waals surface area contributed by atoms with E-state index in [-0.39, 0.29) is 12.4 Å². The molecule has 110 valence electrons. The topological polar surface area (TPSA) is 26.3 Å². The molecule has 0 fully saturated rings. The van der Waals surface area contributed by atoms with Gasteiger partial charge in [0.15, 0.2) is 0 Å². The van der Waals surface area contributed by atoms with Crippen molar-refractivity contribution in [2.45, 2.75) is 6.42 Å². The highest BCUT2D eigenvalue weighted by Crippen LogP contribution is 2.24. The SMILES string of the molecule is O=C(Cc1ccc(Cl)cc1)Oc1ccc2cc(Br)ccc2c1. The van der Waals surface area contributed by atoms with Gasteiger partial charge in [-0.3, -0.25) is 4.79 Å². The van der Waals surface area contributed by atoms with Gasteiger partial charge in [0.2, 0.25) is 0 Å². The van der Waals surface area contributed by atoms with Crippen LogP contribution in [0.1, 0.15) is 5.56 Å². The molecular formula is C18H12BrClO2. The van der Waals surface area contributed by atoms with E-state index in [0.717, 1.165) is 20.8 Å². The Morgan fingerprint density at radius 1 is 0.955 bits per heavy atom. The third-order valence-corrected chi connectivity index (χ3v) is 4.01. The van der Waals surface area contributed by atoms with Gasteiger partial charge < -0.3 is 4.74 Å². The predicted octanol–water partition coefficient (Wildman–Crippen LogP) is 5.40. The zero-order valence-electron chi connectivity index (χ0n) is 11.6. The van der Waals surface area contributed by atoms with E-state index < -0.39 is 0 Å². The highest BCUT2D eigenvalue weighted by Gasteiger charge is 2.07. The largest absolute Gasteiger partial charge is 0.426 e. The van der Waals surface area contributed by atoms with E-state index in [1.807, 2.05) is 42.5 Å². The fourth-order valence-corrected chi connectivity index (χ4v) is 2.70. The molecule has 0 amide bonds. The molecule has 0 unspecified atom stereocenters. The Morgan fingerprint density at radius 3 is 2.41 bits per heavy atom. The summed E-state index contributed by atoms with van der Waals surface area (Å²) in [6.07, 6.45) is 0.218. The summed E-state index contributed by atoms with van der Waals surface area (Å²) in [6.45, 7) is 0. The minimum absolute atomic E-state index is 0.218. The lowest BCUT2D eigenvalue weighted by atomic mass is 10.1. The average molecular weight is 376 g/mol. The fourth-order valence-electron chi connectivity index (χ4n) is 2.19. The Morgan fingerprint density at radius 2 is 1.64 bits per heavy atom. The first kappa shape index (κ1) is 15.1. The van der Waals surface area contributed by atoms with Crippen molar-refractivity contribution in [1.29, 1.82) is 0 Å². The molecule has 0 aliphatic carbocycles. The predicted molar refractivity (Wildman–Crippen MR) is 92.4 cm³/mol. The van der Waals surface area contributed by atoms with Gasteiger partial charge in [0.05, 0.1) is 6.42 Å². The molecule has 0 aromatic heterocycles. The lowest BCUT2D eigenvalue weighted by molar-refractivity contribution is -0.133. The molecule has 0 aliphatic heterocycles. The molecule has 3 rings (SSSR count). The van der Waals surface area contributed by atoms with Gasteiger partial charge in [-0.1, -0.05) is 51.8 Å². The lowest BCUT2D eigenvalue weighted by Gasteiger charge is -2.06. The second-order valence-electron chi connectivity index (χ2n) is 4.93. The molecule has 0 bridgehead atoms. The van der Waals surface area contributed by atoms with Crippen LogP contribution >= 0.6 is 27.5 Å². The van der Waals surface area contributed by atoms with Crippen molar-refractivity contribution in [2.24, 2.45) is 0 Å². The van der Waals surface area contributed by atoms with Crippen LogP contribution in [0.3, 0.4) is 0 Å². The lowest BCUT2D eigenvalue weighted by Crippen LogP contribution is -2.11. The van der Waals surface area contributed by atoms with E-state index >= 15 is 0 Å². The normalized spacial score (nSPS) is 10.6. The van der Waals surface area contributed by atoms with Crippen molar-refractivity contribution in [3.05, 3.63) is 75.7 Å². The van der Waals surface area contributed by atoms with Gasteiger partial charge in [0, 0.05) is 9.50 Å². The van der Waals surface area contributed by atoms with Crippen molar-refractivity contribution in [1.82, 2.24) is 0 Å². The van der Waals surface area contributed by atoms with Crippen LogP contribution in [0.25, 0.3) is 10.8 Å². The molecule has 3 aromatic carbocycles. The van der Waals surface area contributed by atoms with E-state index in [0.29, 0.717) is 10.8 Å². The summed E-state index contributed by atoms with van der Waals surface area (Å²) in [6, 6.07) is 18.7. The molecule has 3 aromatic rings. The summed E-state index contributed by atoms with van der Waals surface area (Å²) in [7, 11) is 0. The molecule has 4 heteroatoms. The van der Waals surface area contributed by atoms with Gasteiger partial charge in [-0.25, -0.2) is 0 Å². The van der Waals surface area contributed by atoms with E-state index in [1.54, 1.807) is 18.2 Å².